The SMILES string of the molecule is CCOC(=O)C(=CN(C)C)C(=O)c1ccc(Cl)c(Cl)c1. The van der Waals surface area contributed by atoms with E-state index < -0.39 is 11.8 Å². The molecule has 0 atom stereocenters. The molecule has 0 aliphatic heterocycles. The fraction of sp³-hybridized carbons (Fsp3) is 0.286. The Morgan fingerprint density at radius 2 is 1.90 bits per heavy atom. The fourth-order valence-corrected chi connectivity index (χ4v) is 1.76. The molecule has 1 aromatic carbocycles. The Kier molecular flexibility index (Phi) is 6.05. The van der Waals surface area contributed by atoms with E-state index in [-0.39, 0.29) is 22.8 Å². The van der Waals surface area contributed by atoms with E-state index in [1.807, 2.05) is 0 Å². The lowest BCUT2D eigenvalue weighted by Crippen LogP contribution is -2.19. The number of carbonyl (C=O) groups is 2. The summed E-state index contributed by atoms with van der Waals surface area (Å²) in [5.74, 6) is -1.13. The minimum atomic E-state index is -0.669. The topological polar surface area (TPSA) is 46.6 Å². The number of hydrogen-bond acceptors (Lipinski definition) is 4. The number of esters is 1. The molecule has 0 N–H and O–H groups in total. The van der Waals surface area contributed by atoms with E-state index in [4.69, 9.17) is 27.9 Å². The van der Waals surface area contributed by atoms with Crippen molar-refractivity contribution in [3.8, 4) is 0 Å². The van der Waals surface area contributed by atoms with E-state index in [2.05, 4.69) is 0 Å². The van der Waals surface area contributed by atoms with Crippen LogP contribution in [0.5, 0.6) is 0 Å². The molecule has 0 spiro atoms. The third-order valence-electron chi connectivity index (χ3n) is 2.31. The van der Waals surface area contributed by atoms with Crippen molar-refractivity contribution in [2.75, 3.05) is 20.7 Å². The lowest BCUT2D eigenvalue weighted by Gasteiger charge is -2.11. The third kappa shape index (κ3) is 4.25. The lowest BCUT2D eigenvalue weighted by atomic mass is 10.0. The Morgan fingerprint density at radius 3 is 2.40 bits per heavy atom. The van der Waals surface area contributed by atoms with Crippen LogP contribution in [0.4, 0.5) is 0 Å². The maximum Gasteiger partial charge on any atom is 0.343 e. The van der Waals surface area contributed by atoms with Crippen LogP contribution in [0.1, 0.15) is 17.3 Å². The maximum atomic E-state index is 12.4. The number of rotatable bonds is 5. The van der Waals surface area contributed by atoms with E-state index >= 15 is 0 Å². The van der Waals surface area contributed by atoms with Gasteiger partial charge in [-0.1, -0.05) is 23.2 Å². The Balaban J connectivity index is 3.16. The molecule has 0 bridgehead atoms. The number of Topliss-reactive ketones (excluding diaryl/α,β-unsaturated/α-hetero) is 1. The molecule has 0 radical (unpaired) electrons. The summed E-state index contributed by atoms with van der Waals surface area (Å²) in [4.78, 5) is 25.8. The quantitative estimate of drug-likeness (QED) is 0.275. The summed E-state index contributed by atoms with van der Waals surface area (Å²) < 4.78 is 4.89. The van der Waals surface area contributed by atoms with Gasteiger partial charge in [0, 0.05) is 25.9 Å². The molecule has 0 heterocycles. The summed E-state index contributed by atoms with van der Waals surface area (Å²) in [5, 5.41) is 0.600. The molecular weight excluding hydrogens is 301 g/mol. The fourth-order valence-electron chi connectivity index (χ4n) is 1.46. The number of nitrogens with zero attached hydrogens (tertiary/aromatic N) is 1. The molecule has 6 heteroatoms. The number of ketones is 1. The number of hydrogen-bond donors (Lipinski definition) is 0. The molecule has 4 nitrogen and oxygen atoms in total. The second-order valence-electron chi connectivity index (χ2n) is 4.18. The molecule has 108 valence electrons. The Labute approximate surface area is 127 Å². The molecule has 0 saturated carbocycles. The van der Waals surface area contributed by atoms with Gasteiger partial charge in [-0.15, -0.1) is 0 Å². The number of halogens is 2. The standard InChI is InChI=1S/C14H15Cl2NO3/c1-4-20-14(19)10(8-17(2)3)13(18)9-5-6-11(15)12(16)7-9/h5-8H,4H2,1-3H3. The molecule has 1 rings (SSSR count). The van der Waals surface area contributed by atoms with Crippen molar-refractivity contribution in [3.05, 3.63) is 45.6 Å². The monoisotopic (exact) mass is 315 g/mol. The second-order valence-corrected chi connectivity index (χ2v) is 5.00. The zero-order valence-electron chi connectivity index (χ0n) is 11.4. The van der Waals surface area contributed by atoms with Gasteiger partial charge in [0.25, 0.3) is 0 Å². The molecule has 0 aromatic heterocycles. The van der Waals surface area contributed by atoms with Crippen LogP contribution < -0.4 is 0 Å². The largest absolute Gasteiger partial charge is 0.462 e. The van der Waals surface area contributed by atoms with Gasteiger partial charge in [0.2, 0.25) is 5.78 Å². The van der Waals surface area contributed by atoms with Crippen molar-refractivity contribution in [1.82, 2.24) is 4.90 Å². The van der Waals surface area contributed by atoms with Gasteiger partial charge in [-0.3, -0.25) is 4.79 Å². The van der Waals surface area contributed by atoms with E-state index in [0.29, 0.717) is 5.02 Å². The van der Waals surface area contributed by atoms with Gasteiger partial charge in [0.1, 0.15) is 5.57 Å². The van der Waals surface area contributed by atoms with Crippen LogP contribution in [0.3, 0.4) is 0 Å². The summed E-state index contributed by atoms with van der Waals surface area (Å²) in [5.41, 5.74) is 0.218. The highest BCUT2D eigenvalue weighted by atomic mass is 35.5. The van der Waals surface area contributed by atoms with Gasteiger partial charge in [-0.25, -0.2) is 4.79 Å². The highest BCUT2D eigenvalue weighted by Crippen LogP contribution is 2.24. The van der Waals surface area contributed by atoms with Crippen molar-refractivity contribution >= 4 is 35.0 Å². The first-order chi connectivity index (χ1) is 9.36. The van der Waals surface area contributed by atoms with Gasteiger partial charge < -0.3 is 9.64 Å². The van der Waals surface area contributed by atoms with Crippen LogP contribution in [-0.4, -0.2) is 37.4 Å². The summed E-state index contributed by atoms with van der Waals surface area (Å²) >= 11 is 11.7. The summed E-state index contributed by atoms with van der Waals surface area (Å²) in [6.45, 7) is 1.87. The van der Waals surface area contributed by atoms with E-state index in [1.165, 1.54) is 24.4 Å². The lowest BCUT2D eigenvalue weighted by molar-refractivity contribution is -0.138. The summed E-state index contributed by atoms with van der Waals surface area (Å²) in [6, 6.07) is 4.45. The third-order valence-corrected chi connectivity index (χ3v) is 3.05. The zero-order valence-corrected chi connectivity index (χ0v) is 13.0. The predicted octanol–water partition coefficient (Wildman–Crippen LogP) is 3.18. The Bertz CT molecular complexity index is 553. The van der Waals surface area contributed by atoms with Gasteiger partial charge in [0.15, 0.2) is 0 Å². The van der Waals surface area contributed by atoms with Crippen molar-refractivity contribution in [2.45, 2.75) is 6.92 Å². The number of benzene rings is 1. The highest BCUT2D eigenvalue weighted by Gasteiger charge is 2.22. The maximum absolute atomic E-state index is 12.4. The van der Waals surface area contributed by atoms with Crippen LogP contribution in [0.25, 0.3) is 0 Å². The molecule has 0 aliphatic rings. The molecule has 0 saturated heterocycles. The predicted molar refractivity (Wildman–Crippen MR) is 79.2 cm³/mol. The van der Waals surface area contributed by atoms with Crippen LogP contribution in [0.2, 0.25) is 10.0 Å². The van der Waals surface area contributed by atoms with E-state index in [0.717, 1.165) is 0 Å². The Hall–Kier alpha value is -1.52. The van der Waals surface area contributed by atoms with Crippen LogP contribution in [0, 0.1) is 0 Å². The molecule has 0 fully saturated rings. The van der Waals surface area contributed by atoms with Crippen molar-refractivity contribution < 1.29 is 14.3 Å². The van der Waals surface area contributed by atoms with Crippen molar-refractivity contribution in [1.29, 1.82) is 0 Å². The average molecular weight is 316 g/mol. The number of ether oxygens (including phenoxy) is 1. The smallest absolute Gasteiger partial charge is 0.343 e. The van der Waals surface area contributed by atoms with E-state index in [9.17, 15) is 9.59 Å². The van der Waals surface area contributed by atoms with Crippen molar-refractivity contribution in [3.63, 3.8) is 0 Å². The van der Waals surface area contributed by atoms with Gasteiger partial charge >= 0.3 is 5.97 Å². The zero-order chi connectivity index (χ0) is 15.3. The molecular formula is C14H15Cl2NO3. The van der Waals surface area contributed by atoms with E-state index in [1.54, 1.807) is 25.9 Å². The van der Waals surface area contributed by atoms with Crippen LogP contribution in [0.15, 0.2) is 30.0 Å². The highest BCUT2D eigenvalue weighted by molar-refractivity contribution is 6.42. The second kappa shape index (κ2) is 7.31. The normalized spacial score (nSPS) is 11.2. The number of carbonyl (C=O) groups excluding carboxylic acids is 2. The molecule has 1 aromatic rings. The minimum Gasteiger partial charge on any atom is -0.462 e. The first-order valence-electron chi connectivity index (χ1n) is 5.92. The first-order valence-corrected chi connectivity index (χ1v) is 6.67. The van der Waals surface area contributed by atoms with Gasteiger partial charge in [-0.05, 0) is 25.1 Å². The van der Waals surface area contributed by atoms with Crippen LogP contribution >= 0.6 is 23.2 Å². The molecule has 0 aliphatic carbocycles. The average Bonchev–Trinajstić information content (AvgIpc) is 2.38. The first kappa shape index (κ1) is 16.5. The van der Waals surface area contributed by atoms with Crippen LogP contribution in [-0.2, 0) is 9.53 Å². The van der Waals surface area contributed by atoms with Crippen molar-refractivity contribution in [2.24, 2.45) is 0 Å². The molecule has 0 amide bonds. The summed E-state index contributed by atoms with van der Waals surface area (Å²) in [7, 11) is 3.42. The van der Waals surface area contributed by atoms with Gasteiger partial charge in [-0.2, -0.15) is 0 Å². The summed E-state index contributed by atoms with van der Waals surface area (Å²) in [6.07, 6.45) is 1.42. The molecule has 0 unspecified atom stereocenters. The minimum absolute atomic E-state index is 0.0600. The van der Waals surface area contributed by atoms with Gasteiger partial charge in [0.05, 0.1) is 16.7 Å². The molecule has 20 heavy (non-hydrogen) atoms. The Morgan fingerprint density at radius 1 is 1.25 bits per heavy atom.